The first kappa shape index (κ1) is 24.6. The fraction of sp³-hybridized carbons (Fsp3) is 0.300. The molecular weight excluding hydrogens is 468 g/mol. The summed E-state index contributed by atoms with van der Waals surface area (Å²) in [5.74, 6) is 1.78. The quantitative estimate of drug-likeness (QED) is 0.293. The highest BCUT2D eigenvalue weighted by Gasteiger charge is 2.44. The maximum atomic E-state index is 13.8. The number of nitrogens with zero attached hydrogens (tertiary/aromatic N) is 2. The molecule has 5 rings (SSSR count). The lowest BCUT2D eigenvalue weighted by Crippen LogP contribution is -2.30. The number of anilines is 1. The van der Waals surface area contributed by atoms with E-state index in [9.17, 15) is 9.59 Å². The summed E-state index contributed by atoms with van der Waals surface area (Å²) in [6.45, 7) is 9.14. The first-order valence-corrected chi connectivity index (χ1v) is 12.6. The van der Waals surface area contributed by atoms with Crippen LogP contribution in [0.2, 0.25) is 0 Å². The third-order valence-corrected chi connectivity index (χ3v) is 6.46. The van der Waals surface area contributed by atoms with E-state index in [4.69, 9.17) is 13.9 Å². The lowest BCUT2D eigenvalue weighted by atomic mass is 9.98. The second-order valence-corrected chi connectivity index (χ2v) is 9.61. The molecule has 1 atom stereocenters. The van der Waals surface area contributed by atoms with Crippen LogP contribution in [0.4, 0.5) is 5.82 Å². The lowest BCUT2D eigenvalue weighted by molar-refractivity contribution is 0.0970. The van der Waals surface area contributed by atoms with Gasteiger partial charge in [0.25, 0.3) is 5.91 Å². The van der Waals surface area contributed by atoms with Crippen LogP contribution in [0.15, 0.2) is 70.0 Å². The molecule has 0 unspecified atom stereocenters. The summed E-state index contributed by atoms with van der Waals surface area (Å²) in [6.07, 6.45) is 2.57. The van der Waals surface area contributed by atoms with Gasteiger partial charge >= 0.3 is 0 Å². The van der Waals surface area contributed by atoms with Gasteiger partial charge in [-0.05, 0) is 73.7 Å². The third-order valence-electron chi connectivity index (χ3n) is 6.46. The Morgan fingerprint density at radius 3 is 2.59 bits per heavy atom. The van der Waals surface area contributed by atoms with Crippen LogP contribution in [0.5, 0.6) is 11.5 Å². The summed E-state index contributed by atoms with van der Waals surface area (Å²) >= 11 is 0. The summed E-state index contributed by atoms with van der Waals surface area (Å²) < 4.78 is 18.0. The summed E-state index contributed by atoms with van der Waals surface area (Å²) in [4.78, 5) is 33.5. The Morgan fingerprint density at radius 1 is 1.03 bits per heavy atom. The Kier molecular flexibility index (Phi) is 6.70. The standard InChI is InChI=1S/C30H30N2O5/c1-5-35-24-17-20(10-11-23(24)36-15-13-18(2)3)27-26-28(33)21-8-6-7-9-22(21)37-29(26)30(34)32(27)25-16-19(4)12-14-31-25/h6-12,14,16-18,27H,5,13,15H2,1-4H3/t27-/m1/s1. The van der Waals surface area contributed by atoms with Gasteiger partial charge < -0.3 is 13.9 Å². The Morgan fingerprint density at radius 2 is 1.84 bits per heavy atom. The first-order chi connectivity index (χ1) is 17.9. The molecule has 2 aromatic heterocycles. The molecule has 190 valence electrons. The second-order valence-electron chi connectivity index (χ2n) is 9.61. The van der Waals surface area contributed by atoms with E-state index >= 15 is 0 Å². The molecular formula is C30H30N2O5. The number of pyridine rings is 1. The normalized spacial score (nSPS) is 14.9. The number of amides is 1. The fourth-order valence-corrected chi connectivity index (χ4v) is 4.61. The van der Waals surface area contributed by atoms with E-state index in [2.05, 4.69) is 18.8 Å². The topological polar surface area (TPSA) is 81.9 Å². The number of hydrogen-bond donors (Lipinski definition) is 0. The molecule has 1 aliphatic heterocycles. The molecule has 37 heavy (non-hydrogen) atoms. The molecule has 0 spiro atoms. The number of rotatable bonds is 8. The van der Waals surface area contributed by atoms with Gasteiger partial charge in [0.05, 0.1) is 30.2 Å². The van der Waals surface area contributed by atoms with E-state index in [1.54, 1.807) is 30.5 Å². The van der Waals surface area contributed by atoms with Crippen LogP contribution in [0.1, 0.15) is 60.5 Å². The molecule has 7 heteroatoms. The van der Waals surface area contributed by atoms with Crippen molar-refractivity contribution in [3.63, 3.8) is 0 Å². The van der Waals surface area contributed by atoms with Crippen molar-refractivity contribution in [2.45, 2.75) is 40.2 Å². The predicted molar refractivity (Wildman–Crippen MR) is 143 cm³/mol. The minimum Gasteiger partial charge on any atom is -0.490 e. The van der Waals surface area contributed by atoms with Crippen molar-refractivity contribution in [2.24, 2.45) is 5.92 Å². The van der Waals surface area contributed by atoms with Crippen LogP contribution in [0.3, 0.4) is 0 Å². The SMILES string of the molecule is CCOc1cc([C@@H]2c3c(oc4ccccc4c3=O)C(=O)N2c2cc(C)ccn2)ccc1OCCC(C)C. The van der Waals surface area contributed by atoms with Crippen molar-refractivity contribution in [3.8, 4) is 11.5 Å². The van der Waals surface area contributed by atoms with Crippen LogP contribution >= 0.6 is 0 Å². The van der Waals surface area contributed by atoms with Gasteiger partial charge in [0, 0.05) is 6.20 Å². The zero-order valence-corrected chi connectivity index (χ0v) is 21.5. The molecule has 0 N–H and O–H groups in total. The van der Waals surface area contributed by atoms with E-state index < -0.39 is 11.9 Å². The fourth-order valence-electron chi connectivity index (χ4n) is 4.61. The second kappa shape index (κ2) is 10.1. The van der Waals surface area contributed by atoms with Gasteiger partial charge in [-0.1, -0.05) is 32.0 Å². The lowest BCUT2D eigenvalue weighted by Gasteiger charge is -2.25. The number of fused-ring (bicyclic) bond motifs is 2. The molecule has 3 heterocycles. The average molecular weight is 499 g/mol. The van der Waals surface area contributed by atoms with Crippen molar-refractivity contribution < 1.29 is 18.7 Å². The largest absolute Gasteiger partial charge is 0.490 e. The Labute approximate surface area is 215 Å². The number of carbonyl (C=O) groups excluding carboxylic acids is 1. The molecule has 0 saturated heterocycles. The number of carbonyl (C=O) groups is 1. The monoisotopic (exact) mass is 498 g/mol. The Hall–Kier alpha value is -4.13. The number of aromatic nitrogens is 1. The molecule has 0 radical (unpaired) electrons. The van der Waals surface area contributed by atoms with Crippen molar-refractivity contribution in [3.05, 3.63) is 93.5 Å². The number of benzene rings is 2. The number of ether oxygens (including phenoxy) is 2. The van der Waals surface area contributed by atoms with Gasteiger partial charge in [-0.25, -0.2) is 4.98 Å². The Balaban J connectivity index is 1.68. The van der Waals surface area contributed by atoms with Crippen molar-refractivity contribution in [1.29, 1.82) is 0 Å². The van der Waals surface area contributed by atoms with Gasteiger partial charge in [0.1, 0.15) is 11.4 Å². The van der Waals surface area contributed by atoms with Crippen LogP contribution in [-0.4, -0.2) is 24.1 Å². The van der Waals surface area contributed by atoms with Gasteiger partial charge in [-0.2, -0.15) is 0 Å². The Bertz CT molecular complexity index is 1520. The van der Waals surface area contributed by atoms with Crippen LogP contribution in [0, 0.1) is 12.8 Å². The summed E-state index contributed by atoms with van der Waals surface area (Å²) in [6, 6.07) is 15.5. The van der Waals surface area contributed by atoms with Crippen molar-refractivity contribution in [2.75, 3.05) is 18.1 Å². The van der Waals surface area contributed by atoms with Crippen LogP contribution < -0.4 is 19.8 Å². The molecule has 2 aromatic carbocycles. The first-order valence-electron chi connectivity index (χ1n) is 12.6. The molecule has 0 fully saturated rings. The maximum Gasteiger partial charge on any atom is 0.296 e. The van der Waals surface area contributed by atoms with Crippen molar-refractivity contribution in [1.82, 2.24) is 4.98 Å². The van der Waals surface area contributed by atoms with E-state index in [-0.39, 0.29) is 11.2 Å². The zero-order chi connectivity index (χ0) is 26.1. The predicted octanol–water partition coefficient (Wildman–Crippen LogP) is 6.07. The number of hydrogen-bond acceptors (Lipinski definition) is 6. The highest BCUT2D eigenvalue weighted by Crippen LogP contribution is 2.43. The van der Waals surface area contributed by atoms with Crippen molar-refractivity contribution >= 4 is 22.7 Å². The van der Waals surface area contributed by atoms with E-state index in [0.717, 1.165) is 12.0 Å². The van der Waals surface area contributed by atoms with Gasteiger partial charge in [-0.15, -0.1) is 0 Å². The van der Waals surface area contributed by atoms with E-state index in [1.807, 2.05) is 44.2 Å². The van der Waals surface area contributed by atoms with E-state index in [1.165, 1.54) is 4.90 Å². The minimum atomic E-state index is -0.735. The number of para-hydroxylation sites is 1. The minimum absolute atomic E-state index is 0.0345. The smallest absolute Gasteiger partial charge is 0.296 e. The van der Waals surface area contributed by atoms with Gasteiger partial charge in [0.2, 0.25) is 5.76 Å². The summed E-state index contributed by atoms with van der Waals surface area (Å²) in [5, 5.41) is 0.428. The molecule has 0 saturated carbocycles. The van der Waals surface area contributed by atoms with Gasteiger partial charge in [-0.3, -0.25) is 14.5 Å². The molecule has 1 aliphatic rings. The summed E-state index contributed by atoms with van der Waals surface area (Å²) in [5.41, 5.74) is 2.09. The average Bonchev–Trinajstić information content (AvgIpc) is 3.17. The molecule has 4 aromatic rings. The van der Waals surface area contributed by atoms with Gasteiger partial charge in [0.15, 0.2) is 16.9 Å². The molecule has 0 aliphatic carbocycles. The summed E-state index contributed by atoms with van der Waals surface area (Å²) in [7, 11) is 0. The zero-order valence-electron chi connectivity index (χ0n) is 21.5. The van der Waals surface area contributed by atoms with E-state index in [0.29, 0.717) is 58.5 Å². The number of aryl methyl sites for hydroxylation is 1. The molecule has 1 amide bonds. The highest BCUT2D eigenvalue weighted by molar-refractivity contribution is 6.10. The third kappa shape index (κ3) is 4.57. The van der Waals surface area contributed by atoms with Crippen LogP contribution in [0.25, 0.3) is 11.0 Å². The highest BCUT2D eigenvalue weighted by atomic mass is 16.5. The molecule has 0 bridgehead atoms. The van der Waals surface area contributed by atoms with Crippen LogP contribution in [-0.2, 0) is 0 Å². The maximum absolute atomic E-state index is 13.8. The molecule has 7 nitrogen and oxygen atoms in total.